The van der Waals surface area contributed by atoms with Crippen LogP contribution < -0.4 is 4.74 Å². The van der Waals surface area contributed by atoms with E-state index in [1.165, 1.54) is 10.9 Å². The van der Waals surface area contributed by atoms with Gasteiger partial charge in [0.2, 0.25) is 0 Å². The molecule has 1 aromatic heterocycles. The van der Waals surface area contributed by atoms with Gasteiger partial charge in [0.05, 0.1) is 12.1 Å². The van der Waals surface area contributed by atoms with Gasteiger partial charge in [-0.25, -0.2) is 0 Å². The summed E-state index contributed by atoms with van der Waals surface area (Å²) in [5, 5.41) is 1.25. The third-order valence-electron chi connectivity index (χ3n) is 2.81. The van der Waals surface area contributed by atoms with E-state index < -0.39 is 0 Å². The Kier molecular flexibility index (Phi) is 3.69. The number of aromatic nitrogens is 1. The van der Waals surface area contributed by atoms with Crippen molar-refractivity contribution in [3.63, 3.8) is 0 Å². The predicted molar refractivity (Wildman–Crippen MR) is 69.7 cm³/mol. The van der Waals surface area contributed by atoms with Gasteiger partial charge in [-0.15, -0.1) is 0 Å². The molecule has 0 aliphatic heterocycles. The molecule has 2 rings (SSSR count). The van der Waals surface area contributed by atoms with Gasteiger partial charge in [-0.1, -0.05) is 0 Å². The molecule has 17 heavy (non-hydrogen) atoms. The third-order valence-corrected chi connectivity index (χ3v) is 2.81. The Morgan fingerprint density at radius 2 is 2.00 bits per heavy atom. The van der Waals surface area contributed by atoms with Gasteiger partial charge in [0, 0.05) is 25.4 Å². The van der Waals surface area contributed by atoms with Crippen LogP contribution in [-0.2, 0) is 4.74 Å². The summed E-state index contributed by atoms with van der Waals surface area (Å²) < 4.78 is 12.8. The van der Waals surface area contributed by atoms with Crippen LogP contribution in [0.2, 0.25) is 0 Å². The second-order valence-corrected chi connectivity index (χ2v) is 4.38. The van der Waals surface area contributed by atoms with Gasteiger partial charge in [-0.3, -0.25) is 0 Å². The Hall–Kier alpha value is -1.48. The Balaban J connectivity index is 2.25. The Morgan fingerprint density at radius 1 is 1.18 bits per heavy atom. The molecular weight excluding hydrogens is 214 g/mol. The van der Waals surface area contributed by atoms with Crippen molar-refractivity contribution in [2.24, 2.45) is 0 Å². The fourth-order valence-electron chi connectivity index (χ4n) is 1.91. The van der Waals surface area contributed by atoms with Crippen LogP contribution in [-0.4, -0.2) is 24.9 Å². The fourth-order valence-corrected chi connectivity index (χ4v) is 1.91. The molecule has 0 N–H and O–H groups in total. The molecule has 3 nitrogen and oxygen atoms in total. The van der Waals surface area contributed by atoms with E-state index in [1.807, 2.05) is 6.07 Å². The minimum Gasteiger partial charge on any atom is -0.491 e. The van der Waals surface area contributed by atoms with Crippen molar-refractivity contribution >= 4 is 10.9 Å². The number of fused-ring (bicyclic) bond motifs is 1. The number of methoxy groups -OCH3 is 1. The van der Waals surface area contributed by atoms with E-state index in [2.05, 4.69) is 42.8 Å². The topological polar surface area (TPSA) is 23.4 Å². The smallest absolute Gasteiger partial charge is 0.121 e. The van der Waals surface area contributed by atoms with Gasteiger partial charge in [0.1, 0.15) is 12.4 Å². The van der Waals surface area contributed by atoms with Gasteiger partial charge in [-0.05, 0) is 37.4 Å². The first-order valence-corrected chi connectivity index (χ1v) is 5.94. The summed E-state index contributed by atoms with van der Waals surface area (Å²) in [7, 11) is 1.68. The standard InChI is InChI=1S/C14H19NO2/c1-11(2)15-7-6-12-4-5-13(10-14(12)15)17-9-8-16-3/h4-7,10-11H,8-9H2,1-3H3. The lowest BCUT2D eigenvalue weighted by molar-refractivity contribution is 0.146. The van der Waals surface area contributed by atoms with Crippen molar-refractivity contribution in [3.8, 4) is 5.75 Å². The van der Waals surface area contributed by atoms with Crippen LogP contribution in [0.4, 0.5) is 0 Å². The number of hydrogen-bond acceptors (Lipinski definition) is 2. The minimum absolute atomic E-state index is 0.460. The SMILES string of the molecule is COCCOc1ccc2ccn(C(C)C)c2c1. The summed E-state index contributed by atoms with van der Waals surface area (Å²) >= 11 is 0. The van der Waals surface area contributed by atoms with Gasteiger partial charge in [-0.2, -0.15) is 0 Å². The zero-order chi connectivity index (χ0) is 12.3. The molecule has 0 bridgehead atoms. The Bertz CT molecular complexity index is 488. The van der Waals surface area contributed by atoms with Crippen molar-refractivity contribution < 1.29 is 9.47 Å². The average molecular weight is 233 g/mol. The van der Waals surface area contributed by atoms with Crippen molar-refractivity contribution in [1.82, 2.24) is 4.57 Å². The molecule has 2 aromatic rings. The summed E-state index contributed by atoms with van der Waals surface area (Å²) in [5.41, 5.74) is 1.22. The maximum Gasteiger partial charge on any atom is 0.121 e. The lowest BCUT2D eigenvalue weighted by atomic mass is 10.2. The van der Waals surface area contributed by atoms with E-state index in [-0.39, 0.29) is 0 Å². The number of hydrogen-bond donors (Lipinski definition) is 0. The van der Waals surface area contributed by atoms with Crippen molar-refractivity contribution in [3.05, 3.63) is 30.5 Å². The summed E-state index contributed by atoms with van der Waals surface area (Å²) in [6.45, 7) is 5.56. The van der Waals surface area contributed by atoms with E-state index in [4.69, 9.17) is 9.47 Å². The molecule has 1 aromatic carbocycles. The quantitative estimate of drug-likeness (QED) is 0.740. The number of rotatable bonds is 5. The van der Waals surface area contributed by atoms with Crippen molar-refractivity contribution in [2.75, 3.05) is 20.3 Å². The predicted octanol–water partition coefficient (Wildman–Crippen LogP) is 3.25. The Morgan fingerprint density at radius 3 is 2.71 bits per heavy atom. The van der Waals surface area contributed by atoms with E-state index in [0.29, 0.717) is 19.3 Å². The summed E-state index contributed by atoms with van der Waals surface area (Å²) in [4.78, 5) is 0. The lowest BCUT2D eigenvalue weighted by Gasteiger charge is -2.11. The molecule has 0 fully saturated rings. The second kappa shape index (κ2) is 5.23. The molecule has 0 saturated carbocycles. The lowest BCUT2D eigenvalue weighted by Crippen LogP contribution is -2.04. The molecule has 0 radical (unpaired) electrons. The first-order chi connectivity index (χ1) is 8.22. The zero-order valence-corrected chi connectivity index (χ0v) is 10.6. The molecule has 0 unspecified atom stereocenters. The Labute approximate surface area is 102 Å². The van der Waals surface area contributed by atoms with Gasteiger partial charge >= 0.3 is 0 Å². The molecule has 1 heterocycles. The average Bonchev–Trinajstić information content (AvgIpc) is 2.72. The molecule has 92 valence electrons. The second-order valence-electron chi connectivity index (χ2n) is 4.38. The van der Waals surface area contributed by atoms with Crippen LogP contribution in [0, 0.1) is 0 Å². The van der Waals surface area contributed by atoms with E-state index in [0.717, 1.165) is 5.75 Å². The molecule has 0 amide bonds. The van der Waals surface area contributed by atoms with E-state index in [9.17, 15) is 0 Å². The van der Waals surface area contributed by atoms with Crippen molar-refractivity contribution in [2.45, 2.75) is 19.9 Å². The monoisotopic (exact) mass is 233 g/mol. The number of ether oxygens (including phenoxy) is 2. The van der Waals surface area contributed by atoms with Crippen molar-refractivity contribution in [1.29, 1.82) is 0 Å². The van der Waals surface area contributed by atoms with Crippen LogP contribution in [0.5, 0.6) is 5.75 Å². The van der Waals surface area contributed by atoms with Crippen LogP contribution in [0.25, 0.3) is 10.9 Å². The highest BCUT2D eigenvalue weighted by molar-refractivity contribution is 5.81. The number of benzene rings is 1. The largest absolute Gasteiger partial charge is 0.491 e. The van der Waals surface area contributed by atoms with Crippen LogP contribution in [0.1, 0.15) is 19.9 Å². The van der Waals surface area contributed by atoms with Crippen LogP contribution >= 0.6 is 0 Å². The highest BCUT2D eigenvalue weighted by Crippen LogP contribution is 2.24. The minimum atomic E-state index is 0.460. The highest BCUT2D eigenvalue weighted by Gasteiger charge is 2.05. The first-order valence-electron chi connectivity index (χ1n) is 5.94. The third kappa shape index (κ3) is 2.61. The van der Waals surface area contributed by atoms with Crippen LogP contribution in [0.15, 0.2) is 30.5 Å². The zero-order valence-electron chi connectivity index (χ0n) is 10.6. The van der Waals surface area contributed by atoms with Crippen LogP contribution in [0.3, 0.4) is 0 Å². The molecule has 0 aliphatic rings. The summed E-state index contributed by atoms with van der Waals surface area (Å²) in [6.07, 6.45) is 2.12. The number of nitrogens with zero attached hydrogens (tertiary/aromatic N) is 1. The van der Waals surface area contributed by atoms with Gasteiger partial charge in [0.25, 0.3) is 0 Å². The molecule has 3 heteroatoms. The highest BCUT2D eigenvalue weighted by atomic mass is 16.5. The van der Waals surface area contributed by atoms with E-state index >= 15 is 0 Å². The molecular formula is C14H19NO2. The summed E-state index contributed by atoms with van der Waals surface area (Å²) in [5.74, 6) is 0.898. The summed E-state index contributed by atoms with van der Waals surface area (Å²) in [6, 6.07) is 8.78. The molecule has 0 aliphatic carbocycles. The fraction of sp³-hybridized carbons (Fsp3) is 0.429. The van der Waals surface area contributed by atoms with Gasteiger partial charge in [0.15, 0.2) is 0 Å². The molecule has 0 atom stereocenters. The first kappa shape index (κ1) is 12.0. The van der Waals surface area contributed by atoms with E-state index in [1.54, 1.807) is 7.11 Å². The normalized spacial score (nSPS) is 11.3. The maximum atomic E-state index is 5.62. The molecule has 0 spiro atoms. The van der Waals surface area contributed by atoms with Gasteiger partial charge < -0.3 is 14.0 Å². The maximum absolute atomic E-state index is 5.62. The molecule has 0 saturated heterocycles.